The maximum Gasteiger partial charge on any atom is 0.410 e. The highest BCUT2D eigenvalue weighted by Crippen LogP contribution is 2.28. The van der Waals surface area contributed by atoms with Gasteiger partial charge >= 0.3 is 6.09 Å². The summed E-state index contributed by atoms with van der Waals surface area (Å²) in [6.45, 7) is 8.24. The van der Waals surface area contributed by atoms with E-state index >= 15 is 0 Å². The molecule has 0 spiro atoms. The van der Waals surface area contributed by atoms with Crippen LogP contribution in [0.2, 0.25) is 0 Å². The smallest absolute Gasteiger partial charge is 0.410 e. The van der Waals surface area contributed by atoms with Crippen molar-refractivity contribution in [2.75, 3.05) is 13.1 Å². The second kappa shape index (κ2) is 11.3. The molecule has 0 fully saturated rings. The molecule has 2 aromatic carbocycles. The first kappa shape index (κ1) is 27.0. The van der Waals surface area contributed by atoms with Crippen LogP contribution >= 0.6 is 44.3 Å². The molecule has 4 nitrogen and oxygen atoms in total. The lowest BCUT2D eigenvalue weighted by atomic mass is 10.00. The average Bonchev–Trinajstić information content (AvgIpc) is 2.66. The van der Waals surface area contributed by atoms with Gasteiger partial charge in [-0.25, -0.2) is 13.6 Å². The Morgan fingerprint density at radius 3 is 2.16 bits per heavy atom. The van der Waals surface area contributed by atoms with E-state index in [-0.39, 0.29) is 30.1 Å². The SMILES string of the molecule is CC(C)(C)OC(=O)N1CCc2c(Br)cc(F)cc2C1.Cl.Fc1cc(Br)c2c(c1)CNCC2. The lowest BCUT2D eigenvalue weighted by Crippen LogP contribution is -2.40. The summed E-state index contributed by atoms with van der Waals surface area (Å²) in [5.41, 5.74) is 3.72. The van der Waals surface area contributed by atoms with E-state index < -0.39 is 5.60 Å². The predicted molar refractivity (Wildman–Crippen MR) is 131 cm³/mol. The number of carbonyl (C=O) groups excluding carboxylic acids is 1. The Morgan fingerprint density at radius 2 is 1.56 bits per heavy atom. The molecular formula is C23H27Br2ClF2N2O2. The number of benzene rings is 2. The summed E-state index contributed by atoms with van der Waals surface area (Å²) in [4.78, 5) is 13.6. The zero-order valence-electron chi connectivity index (χ0n) is 18.2. The maximum absolute atomic E-state index is 13.4. The van der Waals surface area contributed by atoms with Crippen LogP contribution in [-0.4, -0.2) is 29.7 Å². The summed E-state index contributed by atoms with van der Waals surface area (Å²) in [6, 6.07) is 6.08. The van der Waals surface area contributed by atoms with Crippen molar-refractivity contribution in [2.45, 2.75) is 52.3 Å². The molecule has 0 saturated heterocycles. The van der Waals surface area contributed by atoms with E-state index in [2.05, 4.69) is 37.2 Å². The third-order valence-corrected chi connectivity index (χ3v) is 6.43. The van der Waals surface area contributed by atoms with Gasteiger partial charge in [0.05, 0.1) is 0 Å². The van der Waals surface area contributed by atoms with E-state index in [0.717, 1.165) is 45.1 Å². The van der Waals surface area contributed by atoms with Gasteiger partial charge in [0.2, 0.25) is 0 Å². The normalized spacial score (nSPS) is 14.9. The van der Waals surface area contributed by atoms with Crippen LogP contribution in [0.5, 0.6) is 0 Å². The molecule has 1 amide bonds. The number of ether oxygens (including phenoxy) is 1. The van der Waals surface area contributed by atoms with E-state index in [0.29, 0.717) is 19.5 Å². The topological polar surface area (TPSA) is 41.6 Å². The van der Waals surface area contributed by atoms with E-state index in [1.807, 2.05) is 20.8 Å². The monoisotopic (exact) mass is 594 g/mol. The first-order valence-corrected chi connectivity index (χ1v) is 11.7. The van der Waals surface area contributed by atoms with Crippen molar-refractivity contribution in [1.82, 2.24) is 10.2 Å². The lowest BCUT2D eigenvalue weighted by molar-refractivity contribution is 0.0223. The largest absolute Gasteiger partial charge is 0.444 e. The Balaban J connectivity index is 0.000000241. The second-order valence-electron chi connectivity index (χ2n) is 8.63. The number of rotatable bonds is 0. The first-order chi connectivity index (χ1) is 14.5. The van der Waals surface area contributed by atoms with Crippen molar-refractivity contribution in [3.8, 4) is 0 Å². The molecule has 32 heavy (non-hydrogen) atoms. The fourth-order valence-corrected chi connectivity index (χ4v) is 4.97. The highest BCUT2D eigenvalue weighted by Gasteiger charge is 2.26. The third kappa shape index (κ3) is 7.14. The average molecular weight is 597 g/mol. The number of nitrogens with one attached hydrogen (secondary N) is 1. The van der Waals surface area contributed by atoms with Crippen LogP contribution in [0, 0.1) is 11.6 Å². The summed E-state index contributed by atoms with van der Waals surface area (Å²) < 4.78 is 33.3. The quantitative estimate of drug-likeness (QED) is 0.376. The van der Waals surface area contributed by atoms with Crippen molar-refractivity contribution in [2.24, 2.45) is 0 Å². The number of carbonyl (C=O) groups is 1. The summed E-state index contributed by atoms with van der Waals surface area (Å²) in [7, 11) is 0. The third-order valence-electron chi connectivity index (χ3n) is 5.02. The number of hydrogen-bond donors (Lipinski definition) is 1. The van der Waals surface area contributed by atoms with Crippen molar-refractivity contribution < 1.29 is 18.3 Å². The van der Waals surface area contributed by atoms with Gasteiger partial charge in [-0.05, 0) is 86.7 Å². The van der Waals surface area contributed by atoms with Crippen LogP contribution < -0.4 is 5.32 Å². The molecule has 0 unspecified atom stereocenters. The van der Waals surface area contributed by atoms with E-state index in [9.17, 15) is 13.6 Å². The molecule has 0 aliphatic carbocycles. The molecule has 2 heterocycles. The molecular weight excluding hydrogens is 570 g/mol. The number of fused-ring (bicyclic) bond motifs is 2. The number of halogens is 5. The van der Waals surface area contributed by atoms with Crippen molar-refractivity contribution >= 4 is 50.4 Å². The molecule has 4 rings (SSSR count). The van der Waals surface area contributed by atoms with Gasteiger partial charge in [0, 0.05) is 28.6 Å². The van der Waals surface area contributed by atoms with Gasteiger partial charge in [0.15, 0.2) is 0 Å². The predicted octanol–water partition coefficient (Wildman–Crippen LogP) is 6.54. The van der Waals surface area contributed by atoms with Crippen LogP contribution in [0.4, 0.5) is 13.6 Å². The fraction of sp³-hybridized carbons (Fsp3) is 0.435. The second-order valence-corrected chi connectivity index (χ2v) is 10.3. The van der Waals surface area contributed by atoms with Crippen LogP contribution in [0.1, 0.15) is 43.0 Å². The molecule has 2 aliphatic rings. The minimum Gasteiger partial charge on any atom is -0.444 e. The summed E-state index contributed by atoms with van der Waals surface area (Å²) in [5.74, 6) is -0.457. The first-order valence-electron chi connectivity index (χ1n) is 10.2. The number of amides is 1. The molecule has 0 aromatic heterocycles. The molecule has 2 aliphatic heterocycles. The summed E-state index contributed by atoms with van der Waals surface area (Å²) >= 11 is 6.73. The Hall–Kier alpha value is -1.22. The van der Waals surface area contributed by atoms with Gasteiger partial charge in [-0.2, -0.15) is 0 Å². The van der Waals surface area contributed by atoms with Gasteiger partial charge in [0.1, 0.15) is 17.2 Å². The van der Waals surface area contributed by atoms with Gasteiger partial charge in [0.25, 0.3) is 0 Å². The van der Waals surface area contributed by atoms with Crippen LogP contribution in [0.3, 0.4) is 0 Å². The fourth-order valence-electron chi connectivity index (χ4n) is 3.62. The minimum absolute atomic E-state index is 0. The summed E-state index contributed by atoms with van der Waals surface area (Å²) in [5, 5.41) is 3.21. The Labute approximate surface area is 210 Å². The summed E-state index contributed by atoms with van der Waals surface area (Å²) in [6.07, 6.45) is 1.34. The Bertz CT molecular complexity index is 983. The Kier molecular flexibility index (Phi) is 9.52. The Morgan fingerprint density at radius 1 is 1.00 bits per heavy atom. The van der Waals surface area contributed by atoms with Crippen molar-refractivity contribution in [3.05, 3.63) is 67.1 Å². The minimum atomic E-state index is -0.514. The molecule has 0 saturated carbocycles. The van der Waals surface area contributed by atoms with E-state index in [4.69, 9.17) is 4.74 Å². The van der Waals surface area contributed by atoms with Crippen molar-refractivity contribution in [3.63, 3.8) is 0 Å². The van der Waals surface area contributed by atoms with Gasteiger partial charge in [-0.1, -0.05) is 31.9 Å². The van der Waals surface area contributed by atoms with E-state index in [1.165, 1.54) is 23.8 Å². The molecule has 176 valence electrons. The number of nitrogens with zero attached hydrogens (tertiary/aromatic N) is 1. The van der Waals surface area contributed by atoms with Crippen LogP contribution in [0.15, 0.2) is 33.2 Å². The molecule has 2 aromatic rings. The molecule has 0 atom stereocenters. The highest BCUT2D eigenvalue weighted by atomic mass is 79.9. The van der Waals surface area contributed by atoms with Gasteiger partial charge in [-0.15, -0.1) is 12.4 Å². The zero-order chi connectivity index (χ0) is 22.8. The van der Waals surface area contributed by atoms with Crippen LogP contribution in [-0.2, 0) is 30.7 Å². The highest BCUT2D eigenvalue weighted by molar-refractivity contribution is 9.10. The van der Waals surface area contributed by atoms with Crippen LogP contribution in [0.25, 0.3) is 0 Å². The van der Waals surface area contributed by atoms with Gasteiger partial charge in [-0.3, -0.25) is 0 Å². The van der Waals surface area contributed by atoms with Gasteiger partial charge < -0.3 is 15.0 Å². The lowest BCUT2D eigenvalue weighted by Gasteiger charge is -2.31. The molecule has 1 N–H and O–H groups in total. The maximum atomic E-state index is 13.4. The molecule has 0 radical (unpaired) electrons. The van der Waals surface area contributed by atoms with Crippen molar-refractivity contribution in [1.29, 1.82) is 0 Å². The molecule has 9 heteroatoms. The molecule has 0 bridgehead atoms. The van der Waals surface area contributed by atoms with E-state index in [1.54, 1.807) is 11.0 Å². The number of hydrogen-bond acceptors (Lipinski definition) is 3. The zero-order valence-corrected chi connectivity index (χ0v) is 22.2. The standard InChI is InChI=1S/C14H17BrFNO2.C9H9BrFN.ClH/c1-14(2,3)19-13(18)17-5-4-11-9(8-17)6-10(16)7-12(11)15;10-9-4-7(11)3-6-5-12-2-1-8(6)9;/h6-7H,4-5,8H2,1-3H3;3-4,12H,1-2,5H2;1H.